The Kier molecular flexibility index (Phi) is 4.92. The maximum atomic E-state index is 12.7. The molecule has 0 spiro atoms. The van der Waals surface area contributed by atoms with Crippen LogP contribution in [-0.4, -0.2) is 35.1 Å². The first kappa shape index (κ1) is 15.2. The van der Waals surface area contributed by atoms with E-state index in [1.54, 1.807) is 6.92 Å². The minimum Gasteiger partial charge on any atom is -0.297 e. The van der Waals surface area contributed by atoms with Crippen LogP contribution in [0.5, 0.6) is 0 Å². The fraction of sp³-hybridized carbons (Fsp3) is 0.647. The molecule has 0 aromatic heterocycles. The molecule has 0 bridgehead atoms. The molecule has 3 nitrogen and oxygen atoms in total. The number of rotatable bonds is 5. The largest absolute Gasteiger partial charge is 0.297 e. The summed E-state index contributed by atoms with van der Waals surface area (Å²) in [5, 5.41) is 0. The molecule has 1 saturated heterocycles. The van der Waals surface area contributed by atoms with Gasteiger partial charge in [-0.2, -0.15) is 0 Å². The monoisotopic (exact) mass is 275 g/mol. The van der Waals surface area contributed by atoms with Crippen molar-refractivity contribution < 1.29 is 9.59 Å². The molecule has 0 aromatic carbocycles. The number of likely N-dealkylation sites (tertiary alicyclic amines) is 1. The SMILES string of the molecule is CCCC(=O)C1(N2CCCCC2)C=CC(C(C)=O)=CC1. The predicted molar refractivity (Wildman–Crippen MR) is 80.6 cm³/mol. The van der Waals surface area contributed by atoms with Crippen LogP contribution >= 0.6 is 0 Å². The first-order valence-corrected chi connectivity index (χ1v) is 7.79. The number of piperidine rings is 1. The summed E-state index contributed by atoms with van der Waals surface area (Å²) in [4.78, 5) is 26.5. The Morgan fingerprint density at radius 2 is 1.95 bits per heavy atom. The van der Waals surface area contributed by atoms with Gasteiger partial charge in [-0.15, -0.1) is 0 Å². The van der Waals surface area contributed by atoms with Gasteiger partial charge < -0.3 is 0 Å². The lowest BCUT2D eigenvalue weighted by Crippen LogP contribution is -2.55. The Hall–Kier alpha value is -1.22. The summed E-state index contributed by atoms with van der Waals surface area (Å²) in [6, 6.07) is 0. The number of allylic oxidation sites excluding steroid dienone is 2. The number of Topliss-reactive ketones (excluding diaryl/α,β-unsaturated/α-hetero) is 2. The number of nitrogens with zero attached hydrogens (tertiary/aromatic N) is 1. The van der Waals surface area contributed by atoms with Crippen molar-refractivity contribution >= 4 is 11.6 Å². The van der Waals surface area contributed by atoms with Crippen LogP contribution in [0.15, 0.2) is 23.8 Å². The first-order chi connectivity index (χ1) is 9.60. The Morgan fingerprint density at radius 1 is 1.25 bits per heavy atom. The van der Waals surface area contributed by atoms with Gasteiger partial charge in [-0.1, -0.05) is 31.6 Å². The van der Waals surface area contributed by atoms with Gasteiger partial charge in [0.05, 0.1) is 0 Å². The standard InChI is InChI=1S/C17H25NO2/c1-3-7-16(20)17(18-12-5-4-6-13-18)10-8-15(9-11-17)14(2)19/h8-10H,3-7,11-13H2,1-2H3. The van der Waals surface area contributed by atoms with Gasteiger partial charge in [0, 0.05) is 12.0 Å². The number of hydrogen-bond donors (Lipinski definition) is 0. The van der Waals surface area contributed by atoms with Crippen LogP contribution in [0.1, 0.15) is 52.4 Å². The van der Waals surface area contributed by atoms with Crippen LogP contribution < -0.4 is 0 Å². The van der Waals surface area contributed by atoms with Crippen molar-refractivity contribution in [3.8, 4) is 0 Å². The first-order valence-electron chi connectivity index (χ1n) is 7.79. The molecule has 3 heteroatoms. The molecule has 1 unspecified atom stereocenters. The van der Waals surface area contributed by atoms with E-state index < -0.39 is 5.54 Å². The molecule has 0 N–H and O–H groups in total. The fourth-order valence-corrected chi connectivity index (χ4v) is 3.24. The van der Waals surface area contributed by atoms with Crippen molar-refractivity contribution in [3.63, 3.8) is 0 Å². The molecule has 110 valence electrons. The van der Waals surface area contributed by atoms with E-state index in [1.165, 1.54) is 6.42 Å². The Morgan fingerprint density at radius 3 is 2.45 bits per heavy atom. The third-order valence-electron chi connectivity index (χ3n) is 4.46. The van der Waals surface area contributed by atoms with Gasteiger partial charge in [0.2, 0.25) is 0 Å². The summed E-state index contributed by atoms with van der Waals surface area (Å²) < 4.78 is 0. The van der Waals surface area contributed by atoms with Crippen LogP contribution in [0, 0.1) is 0 Å². The van der Waals surface area contributed by atoms with Crippen LogP contribution in [0.4, 0.5) is 0 Å². The number of carbonyl (C=O) groups is 2. The third-order valence-corrected chi connectivity index (χ3v) is 4.46. The Balaban J connectivity index is 2.25. The average molecular weight is 275 g/mol. The molecule has 1 aliphatic carbocycles. The summed E-state index contributed by atoms with van der Waals surface area (Å²) in [5.41, 5.74) is 0.247. The minimum atomic E-state index is -0.491. The quantitative estimate of drug-likeness (QED) is 0.774. The van der Waals surface area contributed by atoms with E-state index in [0.717, 1.165) is 37.9 Å². The second-order valence-electron chi connectivity index (χ2n) is 5.90. The number of hydrogen-bond acceptors (Lipinski definition) is 3. The highest BCUT2D eigenvalue weighted by molar-refractivity contribution is 5.98. The van der Waals surface area contributed by atoms with E-state index in [-0.39, 0.29) is 5.78 Å². The number of carbonyl (C=O) groups excluding carboxylic acids is 2. The fourth-order valence-electron chi connectivity index (χ4n) is 3.24. The van der Waals surface area contributed by atoms with E-state index in [4.69, 9.17) is 0 Å². The highest BCUT2D eigenvalue weighted by Gasteiger charge is 2.41. The highest BCUT2D eigenvalue weighted by Crippen LogP contribution is 2.32. The summed E-state index contributed by atoms with van der Waals surface area (Å²) in [6.45, 7) is 5.61. The zero-order valence-corrected chi connectivity index (χ0v) is 12.7. The molecule has 1 heterocycles. The smallest absolute Gasteiger partial charge is 0.159 e. The van der Waals surface area contributed by atoms with Crippen LogP contribution in [0.2, 0.25) is 0 Å². The van der Waals surface area contributed by atoms with E-state index in [2.05, 4.69) is 4.90 Å². The van der Waals surface area contributed by atoms with E-state index in [1.807, 2.05) is 25.2 Å². The lowest BCUT2D eigenvalue weighted by molar-refractivity contribution is -0.129. The molecule has 1 atom stereocenters. The van der Waals surface area contributed by atoms with Crippen molar-refractivity contribution in [3.05, 3.63) is 23.8 Å². The molecule has 0 amide bonds. The van der Waals surface area contributed by atoms with Gasteiger partial charge in [-0.3, -0.25) is 14.5 Å². The van der Waals surface area contributed by atoms with Gasteiger partial charge >= 0.3 is 0 Å². The topological polar surface area (TPSA) is 37.4 Å². The zero-order valence-electron chi connectivity index (χ0n) is 12.7. The maximum Gasteiger partial charge on any atom is 0.159 e. The van der Waals surface area contributed by atoms with Gasteiger partial charge in [-0.25, -0.2) is 0 Å². The van der Waals surface area contributed by atoms with Gasteiger partial charge in [-0.05, 0) is 45.7 Å². The zero-order chi connectivity index (χ0) is 14.6. The third kappa shape index (κ3) is 2.93. The molecule has 2 rings (SSSR count). The highest BCUT2D eigenvalue weighted by atomic mass is 16.1. The Bertz CT molecular complexity index is 444. The molecule has 1 aliphatic heterocycles. The molecule has 0 saturated carbocycles. The van der Waals surface area contributed by atoms with Crippen LogP contribution in [0.3, 0.4) is 0 Å². The lowest BCUT2D eigenvalue weighted by atomic mass is 9.80. The normalized spacial score (nSPS) is 27.2. The number of ketones is 2. The molecule has 1 fully saturated rings. The van der Waals surface area contributed by atoms with Crippen molar-refractivity contribution in [1.29, 1.82) is 0 Å². The van der Waals surface area contributed by atoms with E-state index >= 15 is 0 Å². The van der Waals surface area contributed by atoms with Crippen molar-refractivity contribution in [1.82, 2.24) is 4.90 Å². The predicted octanol–water partition coefficient (Wildman–Crippen LogP) is 3.06. The maximum absolute atomic E-state index is 12.7. The lowest BCUT2D eigenvalue weighted by Gasteiger charge is -2.43. The Labute approximate surface area is 121 Å². The summed E-state index contributed by atoms with van der Waals surface area (Å²) in [6.07, 6.45) is 11.5. The summed E-state index contributed by atoms with van der Waals surface area (Å²) in [7, 11) is 0. The molecule has 20 heavy (non-hydrogen) atoms. The second-order valence-corrected chi connectivity index (χ2v) is 5.90. The van der Waals surface area contributed by atoms with Crippen LogP contribution in [0.25, 0.3) is 0 Å². The molecular formula is C17H25NO2. The van der Waals surface area contributed by atoms with Gasteiger partial charge in [0.15, 0.2) is 11.6 Å². The van der Waals surface area contributed by atoms with Crippen molar-refractivity contribution in [2.75, 3.05) is 13.1 Å². The van der Waals surface area contributed by atoms with E-state index in [9.17, 15) is 9.59 Å². The average Bonchev–Trinajstić information content (AvgIpc) is 2.48. The van der Waals surface area contributed by atoms with Gasteiger partial charge in [0.25, 0.3) is 0 Å². The summed E-state index contributed by atoms with van der Waals surface area (Å²) in [5.74, 6) is 0.383. The molecule has 2 aliphatic rings. The molecule has 0 aromatic rings. The van der Waals surface area contributed by atoms with E-state index in [0.29, 0.717) is 18.6 Å². The molecular weight excluding hydrogens is 250 g/mol. The van der Waals surface area contributed by atoms with Crippen molar-refractivity contribution in [2.24, 2.45) is 0 Å². The van der Waals surface area contributed by atoms with Gasteiger partial charge in [0.1, 0.15) is 5.54 Å². The second kappa shape index (κ2) is 6.49. The van der Waals surface area contributed by atoms with Crippen LogP contribution in [-0.2, 0) is 9.59 Å². The van der Waals surface area contributed by atoms with Crippen molar-refractivity contribution in [2.45, 2.75) is 57.9 Å². The molecule has 0 radical (unpaired) electrons. The minimum absolute atomic E-state index is 0.0800. The summed E-state index contributed by atoms with van der Waals surface area (Å²) >= 11 is 0.